The molecule has 2 nitrogen and oxygen atoms in total. The molecule has 0 fully saturated rings. The second-order valence-corrected chi connectivity index (χ2v) is 4.58. The van der Waals surface area contributed by atoms with Gasteiger partial charge in [-0.15, -0.1) is 0 Å². The van der Waals surface area contributed by atoms with Gasteiger partial charge < -0.3 is 9.47 Å². The van der Waals surface area contributed by atoms with E-state index in [1.807, 2.05) is 13.8 Å². The van der Waals surface area contributed by atoms with Crippen molar-refractivity contribution in [1.29, 1.82) is 0 Å². The number of ether oxygens (including phenoxy) is 2. The summed E-state index contributed by atoms with van der Waals surface area (Å²) in [5.74, 6) is 0.794. The van der Waals surface area contributed by atoms with E-state index in [-0.39, 0.29) is 6.29 Å². The Hall–Kier alpha value is -0.340. The fraction of sp³-hybridized carbons (Fsp3) is 0.857. The van der Waals surface area contributed by atoms with Crippen molar-refractivity contribution in [3.05, 3.63) is 11.6 Å². The van der Waals surface area contributed by atoms with Crippen molar-refractivity contribution >= 4 is 0 Å². The second kappa shape index (κ2) is 9.86. The molecule has 0 heterocycles. The van der Waals surface area contributed by atoms with Crippen molar-refractivity contribution in [2.24, 2.45) is 5.92 Å². The fourth-order valence-electron chi connectivity index (χ4n) is 1.58. The first kappa shape index (κ1) is 15.7. The van der Waals surface area contributed by atoms with Crippen LogP contribution in [0.1, 0.15) is 53.9 Å². The zero-order valence-electron chi connectivity index (χ0n) is 11.6. The van der Waals surface area contributed by atoms with Crippen molar-refractivity contribution in [3.63, 3.8) is 0 Å². The zero-order valence-corrected chi connectivity index (χ0v) is 11.6. The van der Waals surface area contributed by atoms with Crippen LogP contribution < -0.4 is 0 Å². The maximum atomic E-state index is 5.48. The molecule has 0 amide bonds. The fourth-order valence-corrected chi connectivity index (χ4v) is 1.58. The minimum absolute atomic E-state index is 0.158. The van der Waals surface area contributed by atoms with Crippen LogP contribution >= 0.6 is 0 Å². The van der Waals surface area contributed by atoms with Gasteiger partial charge >= 0.3 is 0 Å². The molecule has 0 aliphatic rings. The molecule has 0 unspecified atom stereocenters. The Morgan fingerprint density at radius 1 is 1.12 bits per heavy atom. The van der Waals surface area contributed by atoms with Crippen LogP contribution in [-0.2, 0) is 9.47 Å². The minimum Gasteiger partial charge on any atom is -0.349 e. The van der Waals surface area contributed by atoms with Crippen molar-refractivity contribution in [2.45, 2.75) is 60.2 Å². The van der Waals surface area contributed by atoms with Crippen LogP contribution in [0.25, 0.3) is 0 Å². The highest BCUT2D eigenvalue weighted by molar-refractivity contribution is 4.99. The van der Waals surface area contributed by atoms with Gasteiger partial charge in [0.2, 0.25) is 0 Å². The van der Waals surface area contributed by atoms with Crippen LogP contribution in [0.3, 0.4) is 0 Å². The van der Waals surface area contributed by atoms with Crippen LogP contribution in [-0.4, -0.2) is 19.5 Å². The highest BCUT2D eigenvalue weighted by Crippen LogP contribution is 2.13. The number of allylic oxidation sites excluding steroid dienone is 1. The van der Waals surface area contributed by atoms with Gasteiger partial charge in [0.05, 0.1) is 0 Å². The van der Waals surface area contributed by atoms with Crippen LogP contribution in [0, 0.1) is 5.92 Å². The van der Waals surface area contributed by atoms with Gasteiger partial charge in [-0.25, -0.2) is 0 Å². The van der Waals surface area contributed by atoms with Crippen LogP contribution in [0.5, 0.6) is 0 Å². The second-order valence-electron chi connectivity index (χ2n) is 4.58. The predicted molar refractivity (Wildman–Crippen MR) is 69.5 cm³/mol. The molecule has 0 aromatic carbocycles. The van der Waals surface area contributed by atoms with Gasteiger partial charge in [0.25, 0.3) is 0 Å². The number of hydrogen-bond acceptors (Lipinski definition) is 2. The van der Waals surface area contributed by atoms with Gasteiger partial charge in [-0.05, 0) is 45.6 Å². The lowest BCUT2D eigenvalue weighted by molar-refractivity contribution is -0.104. The third kappa shape index (κ3) is 8.93. The molecular formula is C14H28O2. The first-order valence-electron chi connectivity index (χ1n) is 6.50. The van der Waals surface area contributed by atoms with Crippen molar-refractivity contribution in [3.8, 4) is 0 Å². The molecule has 0 rings (SSSR count). The molecule has 0 aliphatic carbocycles. The predicted octanol–water partition coefficient (Wildman–Crippen LogP) is 4.16. The summed E-state index contributed by atoms with van der Waals surface area (Å²) >= 11 is 0. The Morgan fingerprint density at radius 3 is 2.12 bits per heavy atom. The van der Waals surface area contributed by atoms with Crippen LogP contribution in [0.15, 0.2) is 11.6 Å². The van der Waals surface area contributed by atoms with Crippen molar-refractivity contribution < 1.29 is 9.47 Å². The first-order chi connectivity index (χ1) is 7.60. The summed E-state index contributed by atoms with van der Waals surface area (Å²) in [7, 11) is 0. The molecule has 0 saturated heterocycles. The average molecular weight is 228 g/mol. The van der Waals surface area contributed by atoms with Gasteiger partial charge in [-0.2, -0.15) is 0 Å². The lowest BCUT2D eigenvalue weighted by Crippen LogP contribution is -2.14. The largest absolute Gasteiger partial charge is 0.349 e. The molecule has 0 radical (unpaired) electrons. The normalized spacial score (nSPS) is 12.8. The number of rotatable bonds is 9. The summed E-state index contributed by atoms with van der Waals surface area (Å²) < 4.78 is 11.0. The lowest BCUT2D eigenvalue weighted by Gasteiger charge is -2.14. The molecule has 0 atom stereocenters. The molecular weight excluding hydrogens is 200 g/mol. The van der Waals surface area contributed by atoms with Gasteiger partial charge in [0.1, 0.15) is 0 Å². The third-order valence-corrected chi connectivity index (χ3v) is 2.44. The lowest BCUT2D eigenvalue weighted by atomic mass is 10.0. The standard InChI is InChI=1S/C14H28O2/c1-6-15-14(16-7-2)11-13(5)10-8-9-12(3)4/h11-12,14H,6-10H2,1-5H3/b13-11+. The minimum atomic E-state index is -0.158. The van der Waals surface area contributed by atoms with Gasteiger partial charge in [0, 0.05) is 13.2 Å². The molecule has 0 saturated carbocycles. The molecule has 0 spiro atoms. The smallest absolute Gasteiger partial charge is 0.177 e. The van der Waals surface area contributed by atoms with Gasteiger partial charge in [-0.3, -0.25) is 0 Å². The van der Waals surface area contributed by atoms with Crippen molar-refractivity contribution in [1.82, 2.24) is 0 Å². The molecule has 0 bridgehead atoms. The van der Waals surface area contributed by atoms with E-state index in [9.17, 15) is 0 Å². The van der Waals surface area contributed by atoms with E-state index in [2.05, 4.69) is 26.8 Å². The Balaban J connectivity index is 3.94. The van der Waals surface area contributed by atoms with Crippen LogP contribution in [0.2, 0.25) is 0 Å². The van der Waals surface area contributed by atoms with E-state index < -0.39 is 0 Å². The molecule has 0 aromatic heterocycles. The Kier molecular flexibility index (Phi) is 9.65. The summed E-state index contributed by atoms with van der Waals surface area (Å²) in [6.07, 6.45) is 5.64. The van der Waals surface area contributed by atoms with E-state index >= 15 is 0 Å². The van der Waals surface area contributed by atoms with Gasteiger partial charge in [-0.1, -0.05) is 25.8 Å². The highest BCUT2D eigenvalue weighted by atomic mass is 16.7. The topological polar surface area (TPSA) is 18.5 Å². The monoisotopic (exact) mass is 228 g/mol. The van der Waals surface area contributed by atoms with E-state index in [0.29, 0.717) is 13.2 Å². The summed E-state index contributed by atoms with van der Waals surface area (Å²) in [6, 6.07) is 0. The quantitative estimate of drug-likeness (QED) is 0.436. The molecule has 0 N–H and O–H groups in total. The molecule has 0 aromatic rings. The zero-order chi connectivity index (χ0) is 12.4. The van der Waals surface area contributed by atoms with E-state index in [1.165, 1.54) is 18.4 Å². The molecule has 0 aliphatic heterocycles. The van der Waals surface area contributed by atoms with Gasteiger partial charge in [0.15, 0.2) is 6.29 Å². The molecule has 2 heteroatoms. The SMILES string of the molecule is CCOC(/C=C(\C)CCCC(C)C)OCC. The van der Waals surface area contributed by atoms with E-state index in [1.54, 1.807) is 0 Å². The van der Waals surface area contributed by atoms with E-state index in [0.717, 1.165) is 12.3 Å². The number of hydrogen-bond donors (Lipinski definition) is 0. The highest BCUT2D eigenvalue weighted by Gasteiger charge is 2.04. The first-order valence-corrected chi connectivity index (χ1v) is 6.50. The Morgan fingerprint density at radius 2 is 1.69 bits per heavy atom. The van der Waals surface area contributed by atoms with Crippen molar-refractivity contribution in [2.75, 3.05) is 13.2 Å². The average Bonchev–Trinajstić information content (AvgIpc) is 2.17. The summed E-state index contributed by atoms with van der Waals surface area (Å²) in [6.45, 7) is 12.1. The maximum Gasteiger partial charge on any atom is 0.177 e. The summed E-state index contributed by atoms with van der Waals surface area (Å²) in [4.78, 5) is 0. The molecule has 96 valence electrons. The third-order valence-electron chi connectivity index (χ3n) is 2.44. The molecule has 16 heavy (non-hydrogen) atoms. The summed E-state index contributed by atoms with van der Waals surface area (Å²) in [5, 5.41) is 0. The van der Waals surface area contributed by atoms with E-state index in [4.69, 9.17) is 9.47 Å². The summed E-state index contributed by atoms with van der Waals surface area (Å²) in [5.41, 5.74) is 1.37. The maximum absolute atomic E-state index is 5.48. The Bertz CT molecular complexity index is 179. The van der Waals surface area contributed by atoms with Crippen LogP contribution in [0.4, 0.5) is 0 Å². The Labute approximate surface area is 101 Å².